The highest BCUT2D eigenvalue weighted by Gasteiger charge is 2.36. The Bertz CT molecular complexity index is 439. The highest BCUT2D eigenvalue weighted by molar-refractivity contribution is 5.96. The van der Waals surface area contributed by atoms with E-state index >= 15 is 0 Å². The van der Waals surface area contributed by atoms with Gasteiger partial charge in [-0.25, -0.2) is 0 Å². The van der Waals surface area contributed by atoms with Gasteiger partial charge in [0.2, 0.25) is 0 Å². The van der Waals surface area contributed by atoms with E-state index in [2.05, 4.69) is 0 Å². The molecular formula is C12H12F3NO2. The molecule has 0 radical (unpaired) electrons. The molecule has 1 heterocycles. The van der Waals surface area contributed by atoms with Crippen molar-refractivity contribution in [2.75, 3.05) is 26.3 Å². The number of ether oxygens (including phenoxy) is 1. The molecule has 18 heavy (non-hydrogen) atoms. The summed E-state index contributed by atoms with van der Waals surface area (Å²) in [6.45, 7) is 1.37. The number of rotatable bonds is 1. The fourth-order valence-corrected chi connectivity index (χ4v) is 1.85. The van der Waals surface area contributed by atoms with Crippen molar-refractivity contribution in [3.05, 3.63) is 35.4 Å². The molecule has 3 nitrogen and oxygen atoms in total. The molecule has 0 spiro atoms. The number of morpholine rings is 1. The van der Waals surface area contributed by atoms with E-state index in [9.17, 15) is 18.0 Å². The van der Waals surface area contributed by atoms with Gasteiger partial charge in [0.15, 0.2) is 0 Å². The zero-order valence-corrected chi connectivity index (χ0v) is 9.54. The SMILES string of the molecule is O=C(c1ccccc1C(F)(F)F)N1CCOCC1. The number of carbonyl (C=O) groups is 1. The van der Waals surface area contributed by atoms with Gasteiger partial charge in [-0.3, -0.25) is 4.79 Å². The van der Waals surface area contributed by atoms with Crippen LogP contribution in [0.25, 0.3) is 0 Å². The molecule has 1 saturated heterocycles. The summed E-state index contributed by atoms with van der Waals surface area (Å²) in [6.07, 6.45) is -4.52. The Balaban J connectivity index is 2.30. The molecule has 0 atom stereocenters. The Morgan fingerprint density at radius 3 is 2.39 bits per heavy atom. The number of benzene rings is 1. The van der Waals surface area contributed by atoms with Crippen molar-refractivity contribution >= 4 is 5.91 Å². The molecule has 98 valence electrons. The topological polar surface area (TPSA) is 29.5 Å². The lowest BCUT2D eigenvalue weighted by molar-refractivity contribution is -0.138. The van der Waals surface area contributed by atoms with Crippen LogP contribution in [-0.2, 0) is 10.9 Å². The quantitative estimate of drug-likeness (QED) is 0.773. The van der Waals surface area contributed by atoms with Crippen LogP contribution in [0.2, 0.25) is 0 Å². The van der Waals surface area contributed by atoms with Crippen LogP contribution < -0.4 is 0 Å². The van der Waals surface area contributed by atoms with Gasteiger partial charge < -0.3 is 9.64 Å². The number of nitrogens with zero attached hydrogens (tertiary/aromatic N) is 1. The third-order valence-corrected chi connectivity index (χ3v) is 2.76. The zero-order valence-electron chi connectivity index (χ0n) is 9.54. The molecule has 1 fully saturated rings. The number of hydrogen-bond acceptors (Lipinski definition) is 2. The summed E-state index contributed by atoms with van der Waals surface area (Å²) in [5.41, 5.74) is -1.19. The maximum atomic E-state index is 12.8. The Morgan fingerprint density at radius 1 is 1.17 bits per heavy atom. The number of halogens is 3. The van der Waals surface area contributed by atoms with Gasteiger partial charge in [0.25, 0.3) is 5.91 Å². The molecule has 0 N–H and O–H groups in total. The van der Waals surface area contributed by atoms with E-state index in [1.54, 1.807) is 0 Å². The van der Waals surface area contributed by atoms with E-state index in [0.29, 0.717) is 26.3 Å². The molecule has 1 aromatic rings. The van der Waals surface area contributed by atoms with Crippen molar-refractivity contribution in [1.29, 1.82) is 0 Å². The summed E-state index contributed by atoms with van der Waals surface area (Å²) < 4.78 is 43.4. The molecule has 1 aromatic carbocycles. The number of amides is 1. The van der Waals surface area contributed by atoms with Crippen LogP contribution in [0.1, 0.15) is 15.9 Å². The van der Waals surface area contributed by atoms with Crippen molar-refractivity contribution in [3.8, 4) is 0 Å². The molecule has 0 bridgehead atoms. The first kappa shape index (κ1) is 12.9. The van der Waals surface area contributed by atoms with Crippen LogP contribution in [0.3, 0.4) is 0 Å². The van der Waals surface area contributed by atoms with Crippen molar-refractivity contribution in [2.45, 2.75) is 6.18 Å². The molecule has 0 unspecified atom stereocenters. The summed E-state index contributed by atoms with van der Waals surface area (Å²) in [4.78, 5) is 13.4. The zero-order chi connectivity index (χ0) is 13.2. The number of carbonyl (C=O) groups excluding carboxylic acids is 1. The Labute approximate surface area is 102 Å². The molecular weight excluding hydrogens is 247 g/mol. The predicted molar refractivity (Wildman–Crippen MR) is 58.2 cm³/mol. The van der Waals surface area contributed by atoms with Crippen LogP contribution in [0.4, 0.5) is 13.2 Å². The second kappa shape index (κ2) is 4.97. The summed E-state index contributed by atoms with van der Waals surface area (Å²) in [6, 6.07) is 4.84. The van der Waals surface area contributed by atoms with Gasteiger partial charge in [0, 0.05) is 13.1 Å². The standard InChI is InChI=1S/C12H12F3NO2/c13-12(14,15)10-4-2-1-3-9(10)11(17)16-5-7-18-8-6-16/h1-4H,5-8H2. The van der Waals surface area contributed by atoms with Crippen LogP contribution in [0.5, 0.6) is 0 Å². The second-order valence-electron chi connectivity index (χ2n) is 3.95. The van der Waals surface area contributed by atoms with E-state index in [1.165, 1.54) is 23.1 Å². The van der Waals surface area contributed by atoms with Crippen molar-refractivity contribution in [2.24, 2.45) is 0 Å². The van der Waals surface area contributed by atoms with Crippen LogP contribution in [0.15, 0.2) is 24.3 Å². The van der Waals surface area contributed by atoms with Gasteiger partial charge >= 0.3 is 6.18 Å². The lowest BCUT2D eigenvalue weighted by Gasteiger charge is -2.27. The minimum absolute atomic E-state index is 0.299. The molecule has 1 amide bonds. The van der Waals surface area contributed by atoms with Crippen molar-refractivity contribution in [3.63, 3.8) is 0 Å². The smallest absolute Gasteiger partial charge is 0.378 e. The van der Waals surface area contributed by atoms with Crippen molar-refractivity contribution < 1.29 is 22.7 Å². The average molecular weight is 259 g/mol. The van der Waals surface area contributed by atoms with Crippen LogP contribution >= 0.6 is 0 Å². The normalized spacial score (nSPS) is 16.7. The van der Waals surface area contributed by atoms with Gasteiger partial charge in [-0.15, -0.1) is 0 Å². The molecule has 0 aliphatic carbocycles. The predicted octanol–water partition coefficient (Wildman–Crippen LogP) is 2.18. The number of hydrogen-bond donors (Lipinski definition) is 0. The molecule has 2 rings (SSSR count). The average Bonchev–Trinajstić information content (AvgIpc) is 2.38. The Kier molecular flexibility index (Phi) is 3.56. The molecule has 0 aromatic heterocycles. The van der Waals surface area contributed by atoms with E-state index < -0.39 is 17.6 Å². The molecule has 1 aliphatic heterocycles. The largest absolute Gasteiger partial charge is 0.417 e. The van der Waals surface area contributed by atoms with E-state index in [1.807, 2.05) is 0 Å². The summed E-state index contributed by atoms with van der Waals surface area (Å²) in [5, 5.41) is 0. The fraction of sp³-hybridized carbons (Fsp3) is 0.417. The lowest BCUT2D eigenvalue weighted by atomic mass is 10.1. The monoisotopic (exact) mass is 259 g/mol. The van der Waals surface area contributed by atoms with Gasteiger partial charge in [0.1, 0.15) is 0 Å². The van der Waals surface area contributed by atoms with Gasteiger partial charge in [-0.1, -0.05) is 12.1 Å². The summed E-state index contributed by atoms with van der Waals surface area (Å²) >= 11 is 0. The first-order valence-corrected chi connectivity index (χ1v) is 5.53. The van der Waals surface area contributed by atoms with E-state index in [4.69, 9.17) is 4.74 Å². The molecule has 6 heteroatoms. The Morgan fingerprint density at radius 2 is 1.78 bits per heavy atom. The maximum absolute atomic E-state index is 12.8. The summed E-state index contributed by atoms with van der Waals surface area (Å²) in [5.74, 6) is -0.591. The third-order valence-electron chi connectivity index (χ3n) is 2.76. The fourth-order valence-electron chi connectivity index (χ4n) is 1.85. The minimum Gasteiger partial charge on any atom is -0.378 e. The van der Waals surface area contributed by atoms with Crippen molar-refractivity contribution in [1.82, 2.24) is 4.90 Å². The second-order valence-corrected chi connectivity index (χ2v) is 3.95. The third kappa shape index (κ3) is 2.64. The van der Waals surface area contributed by atoms with Gasteiger partial charge in [-0.05, 0) is 12.1 Å². The first-order valence-electron chi connectivity index (χ1n) is 5.53. The lowest BCUT2D eigenvalue weighted by Crippen LogP contribution is -2.41. The molecule has 0 saturated carbocycles. The van der Waals surface area contributed by atoms with E-state index in [-0.39, 0.29) is 5.56 Å². The highest BCUT2D eigenvalue weighted by Crippen LogP contribution is 2.32. The summed E-state index contributed by atoms with van der Waals surface area (Å²) in [7, 11) is 0. The van der Waals surface area contributed by atoms with Gasteiger partial charge in [0.05, 0.1) is 24.3 Å². The van der Waals surface area contributed by atoms with Crippen LogP contribution in [-0.4, -0.2) is 37.1 Å². The first-order chi connectivity index (χ1) is 8.50. The van der Waals surface area contributed by atoms with E-state index in [0.717, 1.165) is 6.07 Å². The maximum Gasteiger partial charge on any atom is 0.417 e. The highest BCUT2D eigenvalue weighted by atomic mass is 19.4. The molecule has 1 aliphatic rings. The number of alkyl halides is 3. The van der Waals surface area contributed by atoms with Crippen LogP contribution in [0, 0.1) is 0 Å². The Hall–Kier alpha value is -1.56. The van der Waals surface area contributed by atoms with Gasteiger partial charge in [-0.2, -0.15) is 13.2 Å². The minimum atomic E-state index is -4.52.